The molecule has 5 rings (SSSR count). The number of carbonyl (C=O) groups is 2. The van der Waals surface area contributed by atoms with Crippen molar-refractivity contribution in [1.82, 2.24) is 9.88 Å². The molecule has 2 aliphatic heterocycles. The van der Waals surface area contributed by atoms with Gasteiger partial charge in [-0.05, 0) is 49.2 Å². The van der Waals surface area contributed by atoms with E-state index in [0.717, 1.165) is 44.8 Å². The molecule has 2 aromatic carbocycles. The minimum absolute atomic E-state index is 0.0152. The minimum Gasteiger partial charge on any atom is -0.333 e. The summed E-state index contributed by atoms with van der Waals surface area (Å²) < 4.78 is 2.12. The molecule has 2 aliphatic rings. The molecular weight excluding hydrogens is 450 g/mol. The fraction of sp³-hybridized carbons (Fsp3) is 0.318. The van der Waals surface area contributed by atoms with Crippen LogP contribution in [-0.2, 0) is 9.59 Å². The standard InChI is InChI=1S/C22H20BrN3O2S/c23-15-7-9-16(10-8-15)26-13-14(12-20(26)27)22(28)25-11-3-5-18(25)21-24-17-4-1-2-6-19(17)29-21/h1-2,4,6-10,14,18H,3,5,11-13H2. The van der Waals surface area contributed by atoms with Gasteiger partial charge in [0.05, 0.1) is 22.2 Å². The number of anilines is 1. The van der Waals surface area contributed by atoms with Crippen LogP contribution in [-0.4, -0.2) is 34.8 Å². The van der Waals surface area contributed by atoms with E-state index in [1.807, 2.05) is 47.4 Å². The third kappa shape index (κ3) is 3.46. The third-order valence-electron chi connectivity index (χ3n) is 5.74. The Hall–Kier alpha value is -2.25. The highest BCUT2D eigenvalue weighted by Gasteiger charge is 2.41. The molecule has 29 heavy (non-hydrogen) atoms. The summed E-state index contributed by atoms with van der Waals surface area (Å²) in [6.45, 7) is 1.19. The number of likely N-dealkylation sites (tertiary alicyclic amines) is 1. The highest BCUT2D eigenvalue weighted by molar-refractivity contribution is 9.10. The second-order valence-corrected chi connectivity index (χ2v) is 9.57. The molecular formula is C22H20BrN3O2S. The largest absolute Gasteiger partial charge is 0.333 e. The van der Waals surface area contributed by atoms with E-state index in [-0.39, 0.29) is 30.2 Å². The molecule has 0 spiro atoms. The Morgan fingerprint density at radius 2 is 1.93 bits per heavy atom. The van der Waals surface area contributed by atoms with Gasteiger partial charge in [-0.25, -0.2) is 4.98 Å². The molecule has 5 nitrogen and oxygen atoms in total. The maximum atomic E-state index is 13.3. The van der Waals surface area contributed by atoms with Crippen molar-refractivity contribution < 1.29 is 9.59 Å². The van der Waals surface area contributed by atoms with E-state index >= 15 is 0 Å². The summed E-state index contributed by atoms with van der Waals surface area (Å²) in [6, 6.07) is 15.8. The van der Waals surface area contributed by atoms with Crippen LogP contribution >= 0.6 is 27.3 Å². The molecule has 3 aromatic rings. The van der Waals surface area contributed by atoms with Crippen molar-refractivity contribution in [3.63, 3.8) is 0 Å². The number of rotatable bonds is 3. The topological polar surface area (TPSA) is 53.5 Å². The van der Waals surface area contributed by atoms with E-state index in [4.69, 9.17) is 4.98 Å². The molecule has 0 aliphatic carbocycles. The highest BCUT2D eigenvalue weighted by atomic mass is 79.9. The monoisotopic (exact) mass is 469 g/mol. The minimum atomic E-state index is -0.291. The number of aromatic nitrogens is 1. The first-order valence-corrected chi connectivity index (χ1v) is 11.4. The lowest BCUT2D eigenvalue weighted by molar-refractivity contribution is -0.136. The molecule has 148 valence electrons. The van der Waals surface area contributed by atoms with Crippen LogP contribution in [0, 0.1) is 5.92 Å². The second-order valence-electron chi connectivity index (χ2n) is 7.59. The zero-order chi connectivity index (χ0) is 20.0. The van der Waals surface area contributed by atoms with Gasteiger partial charge >= 0.3 is 0 Å². The molecule has 0 bridgehead atoms. The van der Waals surface area contributed by atoms with Crippen LogP contribution < -0.4 is 4.90 Å². The number of halogens is 1. The maximum Gasteiger partial charge on any atom is 0.228 e. The van der Waals surface area contributed by atoms with Crippen molar-refractivity contribution in [2.75, 3.05) is 18.0 Å². The summed E-state index contributed by atoms with van der Waals surface area (Å²) in [7, 11) is 0. The maximum absolute atomic E-state index is 13.3. The molecule has 2 fully saturated rings. The average molecular weight is 470 g/mol. The van der Waals surface area contributed by atoms with E-state index in [0.29, 0.717) is 6.54 Å². The Labute approximate surface area is 181 Å². The molecule has 0 N–H and O–H groups in total. The van der Waals surface area contributed by atoms with Crippen LogP contribution in [0.3, 0.4) is 0 Å². The number of amides is 2. The lowest BCUT2D eigenvalue weighted by Crippen LogP contribution is -2.37. The lowest BCUT2D eigenvalue weighted by atomic mass is 10.1. The fourth-order valence-electron chi connectivity index (χ4n) is 4.30. The van der Waals surface area contributed by atoms with Crippen LogP contribution in [0.25, 0.3) is 10.2 Å². The molecule has 0 radical (unpaired) electrons. The van der Waals surface area contributed by atoms with Crippen molar-refractivity contribution in [3.8, 4) is 0 Å². The van der Waals surface area contributed by atoms with Crippen LogP contribution in [0.5, 0.6) is 0 Å². The molecule has 2 atom stereocenters. The number of nitrogens with zero attached hydrogens (tertiary/aromatic N) is 3. The van der Waals surface area contributed by atoms with Crippen LogP contribution in [0.15, 0.2) is 53.0 Å². The zero-order valence-electron chi connectivity index (χ0n) is 15.8. The van der Waals surface area contributed by atoms with Gasteiger partial charge in [0.15, 0.2) is 0 Å². The van der Waals surface area contributed by atoms with Gasteiger partial charge in [0.25, 0.3) is 0 Å². The van der Waals surface area contributed by atoms with E-state index < -0.39 is 0 Å². The Morgan fingerprint density at radius 3 is 2.72 bits per heavy atom. The Morgan fingerprint density at radius 1 is 1.14 bits per heavy atom. The summed E-state index contributed by atoms with van der Waals surface area (Å²) in [5.74, 6) is -0.192. The van der Waals surface area contributed by atoms with E-state index in [9.17, 15) is 9.59 Å². The SMILES string of the molecule is O=C1CC(C(=O)N2CCCC2c2nc3ccccc3s2)CN1c1ccc(Br)cc1. The van der Waals surface area contributed by atoms with Crippen LogP contribution in [0.4, 0.5) is 5.69 Å². The quantitative estimate of drug-likeness (QED) is 0.554. The predicted octanol–water partition coefficient (Wildman–Crippen LogP) is 4.78. The summed E-state index contributed by atoms with van der Waals surface area (Å²) in [4.78, 5) is 34.4. The first-order valence-electron chi connectivity index (χ1n) is 9.82. The van der Waals surface area contributed by atoms with Gasteiger partial charge in [0.1, 0.15) is 5.01 Å². The molecule has 2 amide bonds. The first kappa shape index (κ1) is 18.8. The summed E-state index contributed by atoms with van der Waals surface area (Å²) in [5.41, 5.74) is 1.84. The predicted molar refractivity (Wildman–Crippen MR) is 118 cm³/mol. The molecule has 2 unspecified atom stereocenters. The first-order chi connectivity index (χ1) is 14.1. The normalized spacial score (nSPS) is 22.0. The van der Waals surface area contributed by atoms with Gasteiger partial charge < -0.3 is 9.80 Å². The molecule has 2 saturated heterocycles. The van der Waals surface area contributed by atoms with Crippen molar-refractivity contribution in [3.05, 3.63) is 58.0 Å². The fourth-order valence-corrected chi connectivity index (χ4v) is 5.68. The van der Waals surface area contributed by atoms with Crippen LogP contribution in [0.2, 0.25) is 0 Å². The number of benzene rings is 2. The lowest BCUT2D eigenvalue weighted by Gasteiger charge is -2.26. The molecule has 0 saturated carbocycles. The summed E-state index contributed by atoms with van der Waals surface area (Å²) >= 11 is 5.09. The van der Waals surface area contributed by atoms with Crippen molar-refractivity contribution in [1.29, 1.82) is 0 Å². The Balaban J connectivity index is 1.35. The van der Waals surface area contributed by atoms with Gasteiger partial charge in [-0.2, -0.15) is 0 Å². The zero-order valence-corrected chi connectivity index (χ0v) is 18.2. The highest BCUT2D eigenvalue weighted by Crippen LogP contribution is 2.38. The average Bonchev–Trinajstić information content (AvgIpc) is 3.45. The number of hydrogen-bond donors (Lipinski definition) is 0. The molecule has 3 heterocycles. The van der Waals surface area contributed by atoms with E-state index in [2.05, 4.69) is 22.0 Å². The molecule has 7 heteroatoms. The van der Waals surface area contributed by atoms with Gasteiger partial charge in [-0.1, -0.05) is 28.1 Å². The van der Waals surface area contributed by atoms with E-state index in [1.54, 1.807) is 16.2 Å². The van der Waals surface area contributed by atoms with Crippen molar-refractivity contribution >= 4 is 55.0 Å². The summed E-state index contributed by atoms with van der Waals surface area (Å²) in [5, 5.41) is 1.01. The van der Waals surface area contributed by atoms with Gasteiger partial charge in [0, 0.05) is 29.7 Å². The Bertz CT molecular complexity index is 1050. The number of thiazole rings is 1. The second kappa shape index (κ2) is 7.54. The molecule has 1 aromatic heterocycles. The summed E-state index contributed by atoms with van der Waals surface area (Å²) in [6.07, 6.45) is 2.18. The van der Waals surface area contributed by atoms with Gasteiger partial charge in [-0.3, -0.25) is 9.59 Å². The number of carbonyl (C=O) groups excluding carboxylic acids is 2. The number of para-hydroxylation sites is 1. The smallest absolute Gasteiger partial charge is 0.228 e. The Kier molecular flexibility index (Phi) is 4.87. The van der Waals surface area contributed by atoms with Crippen molar-refractivity contribution in [2.24, 2.45) is 5.92 Å². The van der Waals surface area contributed by atoms with Crippen LogP contribution in [0.1, 0.15) is 30.3 Å². The van der Waals surface area contributed by atoms with Gasteiger partial charge in [0.2, 0.25) is 11.8 Å². The third-order valence-corrected chi connectivity index (χ3v) is 7.41. The van der Waals surface area contributed by atoms with Crippen molar-refractivity contribution in [2.45, 2.75) is 25.3 Å². The number of hydrogen-bond acceptors (Lipinski definition) is 4. The number of fused-ring (bicyclic) bond motifs is 1. The van der Waals surface area contributed by atoms with E-state index in [1.165, 1.54) is 0 Å². The van der Waals surface area contributed by atoms with Gasteiger partial charge in [-0.15, -0.1) is 11.3 Å².